The molecular formula is C20H19ClN2S. The fourth-order valence-corrected chi connectivity index (χ4v) is 4.95. The zero-order valence-electron chi connectivity index (χ0n) is 13.8. The van der Waals surface area contributed by atoms with Gasteiger partial charge in [0.2, 0.25) is 0 Å². The monoisotopic (exact) mass is 354 g/mol. The first kappa shape index (κ1) is 15.8. The van der Waals surface area contributed by atoms with Crippen LogP contribution in [0.3, 0.4) is 0 Å². The maximum absolute atomic E-state index is 6.32. The topological polar surface area (TPSA) is 16.1 Å². The van der Waals surface area contributed by atoms with Crippen molar-refractivity contribution in [3.8, 4) is 11.3 Å². The van der Waals surface area contributed by atoms with Gasteiger partial charge < -0.3 is 4.90 Å². The zero-order chi connectivity index (χ0) is 16.7. The molecule has 1 atom stereocenters. The Morgan fingerprint density at radius 3 is 2.83 bits per heavy atom. The molecule has 1 aliphatic rings. The Morgan fingerprint density at radius 2 is 2.00 bits per heavy atom. The molecule has 24 heavy (non-hydrogen) atoms. The number of aryl methyl sites for hydroxylation is 1. The van der Waals surface area contributed by atoms with Crippen molar-refractivity contribution in [3.05, 3.63) is 74.6 Å². The average molecular weight is 355 g/mol. The Labute approximate surface area is 151 Å². The van der Waals surface area contributed by atoms with Crippen LogP contribution in [0.15, 0.2) is 48.7 Å². The van der Waals surface area contributed by atoms with Gasteiger partial charge in [-0.1, -0.05) is 35.9 Å². The molecule has 122 valence electrons. The number of hydrogen-bond donors (Lipinski definition) is 0. The molecule has 1 aliphatic heterocycles. The number of thiophene rings is 1. The summed E-state index contributed by atoms with van der Waals surface area (Å²) in [5.41, 5.74) is 6.20. The molecule has 0 spiro atoms. The molecule has 3 aromatic rings. The van der Waals surface area contributed by atoms with Crippen LogP contribution in [-0.2, 0) is 6.54 Å². The van der Waals surface area contributed by atoms with Crippen LogP contribution in [0.4, 0.5) is 0 Å². The lowest BCUT2D eigenvalue weighted by molar-refractivity contribution is 0.299. The van der Waals surface area contributed by atoms with Crippen LogP contribution in [0.2, 0.25) is 4.34 Å². The van der Waals surface area contributed by atoms with E-state index in [9.17, 15) is 0 Å². The summed E-state index contributed by atoms with van der Waals surface area (Å²) in [6, 6.07) is 15.0. The minimum absolute atomic E-state index is 0.334. The Hall–Kier alpha value is -1.68. The van der Waals surface area contributed by atoms with Crippen molar-refractivity contribution in [2.75, 3.05) is 13.6 Å². The van der Waals surface area contributed by atoms with Gasteiger partial charge in [-0.15, -0.1) is 11.3 Å². The van der Waals surface area contributed by atoms with E-state index in [4.69, 9.17) is 11.6 Å². The first-order chi connectivity index (χ1) is 11.6. The summed E-state index contributed by atoms with van der Waals surface area (Å²) in [7, 11) is 2.18. The van der Waals surface area contributed by atoms with Crippen molar-refractivity contribution in [1.29, 1.82) is 0 Å². The molecule has 0 N–H and O–H groups in total. The molecule has 1 unspecified atom stereocenters. The van der Waals surface area contributed by atoms with Crippen molar-refractivity contribution in [2.24, 2.45) is 0 Å². The van der Waals surface area contributed by atoms with Crippen molar-refractivity contribution in [1.82, 2.24) is 9.88 Å². The molecule has 4 heteroatoms. The van der Waals surface area contributed by atoms with E-state index < -0.39 is 0 Å². The first-order valence-electron chi connectivity index (χ1n) is 8.10. The third-order valence-corrected chi connectivity index (χ3v) is 5.89. The molecular weight excluding hydrogens is 336 g/mol. The molecule has 0 radical (unpaired) electrons. The summed E-state index contributed by atoms with van der Waals surface area (Å²) in [5, 5.41) is 0. The average Bonchev–Trinajstić information content (AvgIpc) is 2.94. The van der Waals surface area contributed by atoms with Gasteiger partial charge in [0, 0.05) is 35.6 Å². The van der Waals surface area contributed by atoms with Gasteiger partial charge in [-0.25, -0.2) is 0 Å². The molecule has 0 aliphatic carbocycles. The summed E-state index contributed by atoms with van der Waals surface area (Å²) in [4.78, 5) is 8.36. The number of fused-ring (bicyclic) bond motifs is 1. The number of likely N-dealkylation sites (N-methyl/N-ethyl adjacent to an activating group) is 1. The highest BCUT2D eigenvalue weighted by molar-refractivity contribution is 7.16. The summed E-state index contributed by atoms with van der Waals surface area (Å²) in [5.74, 6) is 0.334. The van der Waals surface area contributed by atoms with Gasteiger partial charge >= 0.3 is 0 Å². The minimum Gasteiger partial charge on any atom is -0.300 e. The molecule has 2 nitrogen and oxygen atoms in total. The fourth-order valence-electron chi connectivity index (χ4n) is 3.53. The molecule has 0 bridgehead atoms. The zero-order valence-corrected chi connectivity index (χ0v) is 15.4. The highest BCUT2D eigenvalue weighted by Crippen LogP contribution is 2.42. The predicted octanol–water partition coefficient (Wildman–Crippen LogP) is 5.35. The smallest absolute Gasteiger partial charge is 0.0934 e. The van der Waals surface area contributed by atoms with Crippen LogP contribution in [0, 0.1) is 6.92 Å². The lowest BCUT2D eigenvalue weighted by atomic mass is 9.85. The summed E-state index contributed by atoms with van der Waals surface area (Å²) in [6.45, 7) is 4.09. The van der Waals surface area contributed by atoms with E-state index in [0.29, 0.717) is 5.92 Å². The van der Waals surface area contributed by atoms with Gasteiger partial charge in [0.1, 0.15) is 0 Å². The largest absolute Gasteiger partial charge is 0.300 e. The second-order valence-electron chi connectivity index (χ2n) is 6.48. The Balaban J connectivity index is 1.86. The minimum atomic E-state index is 0.334. The number of hydrogen-bond acceptors (Lipinski definition) is 3. The van der Waals surface area contributed by atoms with E-state index in [-0.39, 0.29) is 0 Å². The second-order valence-corrected chi connectivity index (χ2v) is 8.25. The number of nitrogens with zero attached hydrogens (tertiary/aromatic N) is 2. The fraction of sp³-hybridized carbons (Fsp3) is 0.250. The van der Waals surface area contributed by atoms with Crippen LogP contribution in [0.5, 0.6) is 0 Å². The molecule has 2 aromatic heterocycles. The van der Waals surface area contributed by atoms with Gasteiger partial charge in [-0.05, 0) is 48.9 Å². The van der Waals surface area contributed by atoms with Gasteiger partial charge in [-0.3, -0.25) is 4.98 Å². The molecule has 0 amide bonds. The van der Waals surface area contributed by atoms with E-state index in [1.807, 2.05) is 12.3 Å². The van der Waals surface area contributed by atoms with Crippen LogP contribution >= 0.6 is 22.9 Å². The second kappa shape index (κ2) is 6.32. The van der Waals surface area contributed by atoms with Gasteiger partial charge in [-0.2, -0.15) is 0 Å². The number of aromatic nitrogens is 1. The quantitative estimate of drug-likeness (QED) is 0.616. The van der Waals surface area contributed by atoms with E-state index in [1.165, 1.54) is 27.1 Å². The van der Waals surface area contributed by atoms with Crippen molar-refractivity contribution in [3.63, 3.8) is 0 Å². The molecule has 0 saturated carbocycles. The van der Waals surface area contributed by atoms with Crippen molar-refractivity contribution < 1.29 is 0 Å². The maximum Gasteiger partial charge on any atom is 0.0934 e. The van der Waals surface area contributed by atoms with Crippen molar-refractivity contribution in [2.45, 2.75) is 19.4 Å². The highest BCUT2D eigenvalue weighted by atomic mass is 35.5. The SMILES string of the molecule is Cc1ccnc(-c2ccccc2C2CN(C)Cc3sc(Cl)cc32)c1. The molecule has 0 fully saturated rings. The number of halogens is 1. The van der Waals surface area contributed by atoms with Crippen LogP contribution in [-0.4, -0.2) is 23.5 Å². The van der Waals surface area contributed by atoms with Crippen molar-refractivity contribution >= 4 is 22.9 Å². The van der Waals surface area contributed by atoms with Gasteiger partial charge in [0.15, 0.2) is 0 Å². The Kier molecular flexibility index (Phi) is 4.17. The van der Waals surface area contributed by atoms with Crippen LogP contribution in [0.1, 0.15) is 27.5 Å². The summed E-state index contributed by atoms with van der Waals surface area (Å²) in [6.07, 6.45) is 1.89. The standard InChI is InChI=1S/C20H19ClN2S/c1-13-7-8-22-18(9-13)15-6-4-3-5-14(15)17-11-23(2)12-19-16(17)10-20(21)24-19/h3-10,17H,11-12H2,1-2H3. The molecule has 4 rings (SSSR count). The number of rotatable bonds is 2. The Morgan fingerprint density at radius 1 is 1.17 bits per heavy atom. The number of pyridine rings is 1. The molecule has 0 saturated heterocycles. The predicted molar refractivity (Wildman–Crippen MR) is 102 cm³/mol. The molecule has 3 heterocycles. The van der Waals surface area contributed by atoms with Gasteiger partial charge in [0.05, 0.1) is 10.0 Å². The third-order valence-electron chi connectivity index (χ3n) is 4.62. The third kappa shape index (κ3) is 2.88. The lowest BCUT2D eigenvalue weighted by Crippen LogP contribution is -2.30. The van der Waals surface area contributed by atoms with Gasteiger partial charge in [0.25, 0.3) is 0 Å². The first-order valence-corrected chi connectivity index (χ1v) is 9.30. The normalized spacial score (nSPS) is 17.7. The van der Waals surface area contributed by atoms with Crippen LogP contribution < -0.4 is 0 Å². The number of benzene rings is 1. The highest BCUT2D eigenvalue weighted by Gasteiger charge is 2.28. The Bertz CT molecular complexity index is 887. The van der Waals surface area contributed by atoms with Crippen LogP contribution in [0.25, 0.3) is 11.3 Å². The van der Waals surface area contributed by atoms with E-state index >= 15 is 0 Å². The van der Waals surface area contributed by atoms with E-state index in [1.54, 1.807) is 11.3 Å². The maximum atomic E-state index is 6.32. The van der Waals surface area contributed by atoms with E-state index in [0.717, 1.165) is 23.1 Å². The van der Waals surface area contributed by atoms with E-state index in [2.05, 4.69) is 60.3 Å². The summed E-state index contributed by atoms with van der Waals surface area (Å²) < 4.78 is 0.881. The molecule has 1 aromatic carbocycles. The summed E-state index contributed by atoms with van der Waals surface area (Å²) >= 11 is 8.02. The lowest BCUT2D eigenvalue weighted by Gasteiger charge is -2.31.